The second kappa shape index (κ2) is 4.30. The molecule has 0 unspecified atom stereocenters. The first-order chi connectivity index (χ1) is 8.31. The summed E-state index contributed by atoms with van der Waals surface area (Å²) < 4.78 is 5.33. The fraction of sp³-hybridized carbons (Fsp3) is 0.0667. The Hall–Kier alpha value is -1.67. The van der Waals surface area contributed by atoms with Crippen molar-refractivity contribution in [3.8, 4) is 0 Å². The molecule has 0 fully saturated rings. The van der Waals surface area contributed by atoms with Crippen LogP contribution in [0.15, 0.2) is 69.0 Å². The number of rotatable bonds is 2. The van der Waals surface area contributed by atoms with E-state index < -0.39 is 0 Å². The lowest BCUT2D eigenvalue weighted by Gasteiger charge is -2.02. The predicted molar refractivity (Wildman–Crippen MR) is 71.5 cm³/mol. The van der Waals surface area contributed by atoms with Crippen LogP contribution < -0.4 is 0 Å². The van der Waals surface area contributed by atoms with E-state index in [4.69, 9.17) is 4.42 Å². The van der Waals surface area contributed by atoms with Crippen molar-refractivity contribution in [1.29, 1.82) is 0 Å². The lowest BCUT2D eigenvalue weighted by Crippen LogP contribution is -1.75. The molecule has 3 rings (SSSR count). The maximum atomic E-state index is 5.33. The van der Waals surface area contributed by atoms with Crippen LogP contribution in [-0.2, 0) is 0 Å². The lowest BCUT2D eigenvalue weighted by molar-refractivity contribution is 0.615. The van der Waals surface area contributed by atoms with Crippen molar-refractivity contribution in [2.75, 3.05) is 0 Å². The van der Waals surface area contributed by atoms with E-state index in [9.17, 15) is 0 Å². The topological polar surface area (TPSA) is 13.1 Å². The van der Waals surface area contributed by atoms with Gasteiger partial charge in [-0.25, -0.2) is 0 Å². The average Bonchev–Trinajstić information content (AvgIpc) is 2.79. The van der Waals surface area contributed by atoms with E-state index in [0.717, 1.165) is 11.0 Å². The maximum Gasteiger partial charge on any atom is 0.133 e. The van der Waals surface area contributed by atoms with Crippen LogP contribution in [0.1, 0.15) is 5.56 Å². The Morgan fingerprint density at radius 3 is 2.47 bits per heavy atom. The smallest absolute Gasteiger partial charge is 0.133 e. The molecule has 0 amide bonds. The standard InChI is InChI=1S/C15H12OS/c1-11-2-4-13(5-3-11)17-14-6-7-15-12(10-14)8-9-16-15/h2-10H,1H3. The summed E-state index contributed by atoms with van der Waals surface area (Å²) in [5.74, 6) is 0. The number of fused-ring (bicyclic) bond motifs is 1. The zero-order valence-corrected chi connectivity index (χ0v) is 10.3. The number of aryl methyl sites for hydroxylation is 1. The third-order valence-corrected chi connectivity index (χ3v) is 3.68. The molecule has 0 aliphatic rings. The van der Waals surface area contributed by atoms with Gasteiger partial charge in [-0.1, -0.05) is 29.5 Å². The Labute approximate surface area is 104 Å². The van der Waals surface area contributed by atoms with E-state index in [2.05, 4.69) is 43.3 Å². The molecule has 0 spiro atoms. The first kappa shape index (κ1) is 10.5. The summed E-state index contributed by atoms with van der Waals surface area (Å²) in [6.45, 7) is 2.10. The highest BCUT2D eigenvalue weighted by Gasteiger charge is 2.01. The fourth-order valence-electron chi connectivity index (χ4n) is 1.75. The molecule has 0 N–H and O–H groups in total. The summed E-state index contributed by atoms with van der Waals surface area (Å²) in [5, 5.41) is 1.15. The molecule has 0 atom stereocenters. The van der Waals surface area contributed by atoms with Gasteiger partial charge in [0.05, 0.1) is 6.26 Å². The molecule has 1 nitrogen and oxygen atoms in total. The summed E-state index contributed by atoms with van der Waals surface area (Å²) >= 11 is 1.77. The van der Waals surface area contributed by atoms with Crippen LogP contribution in [0.2, 0.25) is 0 Å². The van der Waals surface area contributed by atoms with Crippen LogP contribution in [0.4, 0.5) is 0 Å². The van der Waals surface area contributed by atoms with Crippen LogP contribution in [-0.4, -0.2) is 0 Å². The minimum atomic E-state index is 0.943. The summed E-state index contributed by atoms with van der Waals surface area (Å²) in [7, 11) is 0. The van der Waals surface area contributed by atoms with Gasteiger partial charge in [-0.2, -0.15) is 0 Å². The van der Waals surface area contributed by atoms with Crippen molar-refractivity contribution in [1.82, 2.24) is 0 Å². The van der Waals surface area contributed by atoms with Crippen molar-refractivity contribution in [2.45, 2.75) is 16.7 Å². The Morgan fingerprint density at radius 1 is 0.882 bits per heavy atom. The van der Waals surface area contributed by atoms with Gasteiger partial charge in [0, 0.05) is 15.2 Å². The van der Waals surface area contributed by atoms with E-state index >= 15 is 0 Å². The van der Waals surface area contributed by atoms with Crippen molar-refractivity contribution < 1.29 is 4.42 Å². The summed E-state index contributed by atoms with van der Waals surface area (Å²) in [6, 6.07) is 16.8. The van der Waals surface area contributed by atoms with E-state index in [1.165, 1.54) is 15.4 Å². The molecular weight excluding hydrogens is 228 g/mol. The highest BCUT2D eigenvalue weighted by molar-refractivity contribution is 7.99. The Morgan fingerprint density at radius 2 is 1.65 bits per heavy atom. The molecule has 1 aromatic heterocycles. The number of furan rings is 1. The lowest BCUT2D eigenvalue weighted by atomic mass is 10.2. The summed E-state index contributed by atoms with van der Waals surface area (Å²) in [5.41, 5.74) is 2.23. The van der Waals surface area contributed by atoms with E-state index in [-0.39, 0.29) is 0 Å². The summed E-state index contributed by atoms with van der Waals surface area (Å²) in [6.07, 6.45) is 1.73. The zero-order valence-electron chi connectivity index (χ0n) is 9.51. The van der Waals surface area contributed by atoms with Gasteiger partial charge < -0.3 is 4.42 Å². The highest BCUT2D eigenvalue weighted by atomic mass is 32.2. The Bertz CT molecular complexity index is 637. The van der Waals surface area contributed by atoms with Gasteiger partial charge in [0.2, 0.25) is 0 Å². The van der Waals surface area contributed by atoms with E-state index in [1.54, 1.807) is 18.0 Å². The third kappa shape index (κ3) is 2.22. The van der Waals surface area contributed by atoms with Gasteiger partial charge in [-0.3, -0.25) is 0 Å². The molecule has 0 bridgehead atoms. The Kier molecular flexibility index (Phi) is 2.65. The van der Waals surface area contributed by atoms with Gasteiger partial charge in [0.15, 0.2) is 0 Å². The molecule has 17 heavy (non-hydrogen) atoms. The molecule has 3 aromatic rings. The zero-order chi connectivity index (χ0) is 11.7. The molecule has 0 aliphatic carbocycles. The van der Waals surface area contributed by atoms with Crippen molar-refractivity contribution in [2.24, 2.45) is 0 Å². The second-order valence-electron chi connectivity index (χ2n) is 4.04. The number of hydrogen-bond acceptors (Lipinski definition) is 2. The van der Waals surface area contributed by atoms with Gasteiger partial charge in [-0.15, -0.1) is 0 Å². The van der Waals surface area contributed by atoms with Crippen LogP contribution in [0.25, 0.3) is 11.0 Å². The van der Waals surface area contributed by atoms with Crippen molar-refractivity contribution in [3.05, 3.63) is 60.4 Å². The first-order valence-electron chi connectivity index (χ1n) is 5.53. The minimum Gasteiger partial charge on any atom is -0.464 e. The molecule has 0 saturated carbocycles. The van der Waals surface area contributed by atoms with E-state index in [0.29, 0.717) is 0 Å². The third-order valence-electron chi connectivity index (χ3n) is 2.68. The number of benzene rings is 2. The van der Waals surface area contributed by atoms with Gasteiger partial charge in [0.25, 0.3) is 0 Å². The van der Waals surface area contributed by atoms with Gasteiger partial charge in [0.1, 0.15) is 5.58 Å². The maximum absolute atomic E-state index is 5.33. The SMILES string of the molecule is Cc1ccc(Sc2ccc3occc3c2)cc1. The van der Waals surface area contributed by atoms with Gasteiger partial charge >= 0.3 is 0 Å². The quantitative estimate of drug-likeness (QED) is 0.632. The van der Waals surface area contributed by atoms with Crippen LogP contribution >= 0.6 is 11.8 Å². The highest BCUT2D eigenvalue weighted by Crippen LogP contribution is 2.30. The van der Waals surface area contributed by atoms with Gasteiger partial charge in [-0.05, 0) is 43.3 Å². The monoisotopic (exact) mass is 240 g/mol. The predicted octanol–water partition coefficient (Wildman–Crippen LogP) is 4.89. The van der Waals surface area contributed by atoms with Crippen LogP contribution in [0.5, 0.6) is 0 Å². The molecule has 0 aliphatic heterocycles. The second-order valence-corrected chi connectivity index (χ2v) is 5.18. The molecule has 1 heterocycles. The minimum absolute atomic E-state index is 0.943. The number of hydrogen-bond donors (Lipinski definition) is 0. The van der Waals surface area contributed by atoms with Crippen LogP contribution in [0.3, 0.4) is 0 Å². The molecule has 2 heteroatoms. The molecular formula is C15H12OS. The fourth-order valence-corrected chi connectivity index (χ4v) is 2.62. The Balaban J connectivity index is 1.91. The van der Waals surface area contributed by atoms with Crippen molar-refractivity contribution >= 4 is 22.7 Å². The van der Waals surface area contributed by atoms with E-state index in [1.807, 2.05) is 12.1 Å². The normalized spacial score (nSPS) is 10.9. The molecule has 0 saturated heterocycles. The largest absolute Gasteiger partial charge is 0.464 e. The molecule has 0 radical (unpaired) electrons. The average molecular weight is 240 g/mol. The molecule has 2 aromatic carbocycles. The summed E-state index contributed by atoms with van der Waals surface area (Å²) in [4.78, 5) is 2.50. The first-order valence-corrected chi connectivity index (χ1v) is 6.35. The van der Waals surface area contributed by atoms with Crippen molar-refractivity contribution in [3.63, 3.8) is 0 Å². The molecule has 84 valence electrons. The van der Waals surface area contributed by atoms with Crippen LogP contribution in [0, 0.1) is 6.92 Å².